The standard InChI is InChI=1S/C3H8N.C2H3.BrH.Mg/c1-4(2)3;1-2;;/h1H2,2-3H3;1H,2H2;1H;. The Kier molecular flexibility index (Phi) is 11.6. The van der Waals surface area contributed by atoms with Gasteiger partial charge in [-0.05, 0) is 14.1 Å². The summed E-state index contributed by atoms with van der Waals surface area (Å²) >= 11 is 0.0640. The number of halogens is 1. The largest absolute Gasteiger partial charge is 0.416 e. The predicted octanol–water partition coefficient (Wildman–Crippen LogP) is 0.931. The molecule has 0 aliphatic heterocycles. The van der Waals surface area contributed by atoms with E-state index in [0.717, 1.165) is 0 Å². The van der Waals surface area contributed by atoms with Crippen LogP contribution in [0, 0.1) is 0 Å². The molecule has 0 unspecified atom stereocenters. The second-order valence-electron chi connectivity index (χ2n) is 1.88. The third kappa shape index (κ3) is 10.0. The Bertz CT molecular complexity index is 56.4. The Balaban J connectivity index is 0. The van der Waals surface area contributed by atoms with Crippen LogP contribution < -0.4 is 0 Å². The Morgan fingerprint density at radius 2 is 2.12 bits per heavy atom. The van der Waals surface area contributed by atoms with E-state index in [9.17, 15) is 0 Å². The summed E-state index contributed by atoms with van der Waals surface area (Å²) < 4.78 is 3.32. The molecule has 8 heavy (non-hydrogen) atoms. The zero-order valence-corrected chi connectivity index (χ0v) is 8.68. The van der Waals surface area contributed by atoms with Crippen LogP contribution in [0.3, 0.4) is 0 Å². The quantitative estimate of drug-likeness (QED) is 0.599. The van der Waals surface area contributed by atoms with E-state index in [1.54, 1.807) is 0 Å². The molecule has 0 amide bonds. The average Bonchev–Trinajstić information content (AvgIpc) is 1.61. The van der Waals surface area contributed by atoms with E-state index in [-0.39, 0.29) is 37.3 Å². The molecule has 0 spiro atoms. The summed E-state index contributed by atoms with van der Waals surface area (Å²) in [6, 6.07) is 0. The molecule has 0 fully saturated rings. The first-order valence-corrected chi connectivity index (χ1v) is 4.34. The van der Waals surface area contributed by atoms with Crippen molar-refractivity contribution < 1.29 is 0 Å². The smallest absolute Gasteiger partial charge is 0.334 e. The first kappa shape index (κ1) is 11.7. The lowest BCUT2D eigenvalue weighted by Gasteiger charge is -2.04. The number of rotatable bonds is 3. The first-order chi connectivity index (χ1) is 3.27. The van der Waals surface area contributed by atoms with Crippen molar-refractivity contribution in [1.29, 1.82) is 0 Å². The molecule has 0 saturated heterocycles. The summed E-state index contributed by atoms with van der Waals surface area (Å²) in [6.45, 7) is 3.67. The van der Waals surface area contributed by atoms with Gasteiger partial charge in [-0.15, -0.1) is 23.6 Å². The molecule has 46 valence electrons. The maximum absolute atomic E-state index is 3.67. The van der Waals surface area contributed by atoms with E-state index in [4.69, 9.17) is 0 Å². The van der Waals surface area contributed by atoms with Crippen molar-refractivity contribution in [2.24, 2.45) is 0 Å². The molecule has 0 bridgehead atoms. The van der Waals surface area contributed by atoms with Crippen LogP contribution in [0.4, 0.5) is 0 Å². The van der Waals surface area contributed by atoms with Gasteiger partial charge in [-0.2, -0.15) is 0 Å². The van der Waals surface area contributed by atoms with E-state index in [0.29, 0.717) is 0 Å². The molecule has 0 aromatic heterocycles. The minimum Gasteiger partial charge on any atom is -0.334 e. The lowest BCUT2D eigenvalue weighted by molar-refractivity contribution is 0.478. The predicted molar refractivity (Wildman–Crippen MR) is 44.8 cm³/mol. The van der Waals surface area contributed by atoms with Crippen LogP contribution in [-0.4, -0.2) is 44.0 Å². The molecule has 1 nitrogen and oxygen atoms in total. The van der Waals surface area contributed by atoms with Gasteiger partial charge in [0.15, 0.2) is 0 Å². The molecule has 0 aliphatic carbocycles. The molecule has 0 aliphatic rings. The fraction of sp³-hybridized carbons (Fsp3) is 0.600. The van der Waals surface area contributed by atoms with Crippen LogP contribution in [-0.2, 0) is 0 Å². The molecule has 0 rings (SSSR count). The van der Waals surface area contributed by atoms with Crippen LogP contribution in [0.25, 0.3) is 0 Å². The highest BCUT2D eigenvalue weighted by molar-refractivity contribution is 8.93. The molecule has 0 radical (unpaired) electrons. The zero-order valence-electron chi connectivity index (χ0n) is 5.55. The third-order valence-corrected chi connectivity index (χ3v) is 2.34. The van der Waals surface area contributed by atoms with Crippen molar-refractivity contribution in [3.05, 3.63) is 10.8 Å². The molecule has 0 aromatic rings. The maximum atomic E-state index is 3.67. The van der Waals surface area contributed by atoms with E-state index in [1.165, 1.54) is 4.67 Å². The SMILES string of the molecule is Br.C=[CH][Mg][CH2]N(C)C. The maximum Gasteiger partial charge on any atom is 0.416 e. The van der Waals surface area contributed by atoms with Gasteiger partial charge in [-0.1, -0.05) is 4.67 Å². The van der Waals surface area contributed by atoms with E-state index < -0.39 is 0 Å². The topological polar surface area (TPSA) is 3.24 Å². The summed E-state index contributed by atoms with van der Waals surface area (Å²) in [6.07, 6.45) is 0. The highest BCUT2D eigenvalue weighted by atomic mass is 79.9. The van der Waals surface area contributed by atoms with Crippen molar-refractivity contribution >= 4 is 37.3 Å². The van der Waals surface area contributed by atoms with Gasteiger partial charge in [0.25, 0.3) is 0 Å². The van der Waals surface area contributed by atoms with Gasteiger partial charge in [-0.25, -0.2) is 4.21 Å². The Hall–Kier alpha value is 0.946. The van der Waals surface area contributed by atoms with E-state index in [1.807, 2.05) is 0 Å². The summed E-state index contributed by atoms with van der Waals surface area (Å²) in [5.41, 5.74) is 0. The van der Waals surface area contributed by atoms with Crippen LogP contribution in [0.15, 0.2) is 10.8 Å². The molecule has 3 heteroatoms. The first-order valence-electron chi connectivity index (χ1n) is 2.53. The van der Waals surface area contributed by atoms with Gasteiger partial charge in [0.2, 0.25) is 0 Å². The van der Waals surface area contributed by atoms with Gasteiger partial charge >= 0.3 is 20.4 Å². The summed E-state index contributed by atoms with van der Waals surface area (Å²) in [5, 5.41) is 0. The zero-order chi connectivity index (χ0) is 5.70. The van der Waals surface area contributed by atoms with Crippen LogP contribution in [0.2, 0.25) is 0 Å². The van der Waals surface area contributed by atoms with E-state index in [2.05, 4.69) is 29.8 Å². The van der Waals surface area contributed by atoms with Crippen molar-refractivity contribution in [3.8, 4) is 0 Å². The van der Waals surface area contributed by atoms with Gasteiger partial charge < -0.3 is 4.90 Å². The summed E-state index contributed by atoms with van der Waals surface area (Å²) in [5.74, 6) is 0. The van der Waals surface area contributed by atoms with Gasteiger partial charge in [0.05, 0.1) is 0 Å². The van der Waals surface area contributed by atoms with Crippen LogP contribution >= 0.6 is 17.0 Å². The Labute approximate surface area is 71.6 Å². The monoisotopic (exact) mass is 189 g/mol. The van der Waals surface area contributed by atoms with Gasteiger partial charge in [0, 0.05) is 0 Å². The lowest BCUT2D eigenvalue weighted by atomic mass is 11.0. The fourth-order valence-electron chi connectivity index (χ4n) is 0.349. The van der Waals surface area contributed by atoms with Crippen molar-refractivity contribution in [2.45, 2.75) is 0 Å². The molecular weight excluding hydrogens is 178 g/mol. The van der Waals surface area contributed by atoms with Crippen molar-refractivity contribution in [3.63, 3.8) is 0 Å². The molecule has 0 N–H and O–H groups in total. The van der Waals surface area contributed by atoms with Gasteiger partial charge in [0.1, 0.15) is 0 Å². The highest BCUT2D eigenvalue weighted by Gasteiger charge is 1.88. The normalized spacial score (nSPS) is 7.38. The summed E-state index contributed by atoms with van der Waals surface area (Å²) in [7, 11) is 4.19. The van der Waals surface area contributed by atoms with Crippen molar-refractivity contribution in [2.75, 3.05) is 18.8 Å². The average molecular weight is 190 g/mol. The van der Waals surface area contributed by atoms with E-state index >= 15 is 0 Å². The number of hydrogen-bond acceptors (Lipinski definition) is 1. The fourth-order valence-corrected chi connectivity index (χ4v) is 1.05. The highest BCUT2D eigenvalue weighted by Crippen LogP contribution is 1.68. The van der Waals surface area contributed by atoms with Crippen LogP contribution in [0.1, 0.15) is 0 Å². The Morgan fingerprint density at radius 1 is 1.62 bits per heavy atom. The minimum atomic E-state index is 0. The molecule has 0 aromatic carbocycles. The van der Waals surface area contributed by atoms with Crippen molar-refractivity contribution in [1.82, 2.24) is 4.90 Å². The molecule has 0 saturated carbocycles. The minimum absolute atomic E-state index is 0. The number of hydrogen-bond donors (Lipinski definition) is 0. The third-order valence-electron chi connectivity index (χ3n) is 0.780. The Morgan fingerprint density at radius 3 is 2.25 bits per heavy atom. The van der Waals surface area contributed by atoms with Gasteiger partial charge in [-0.3, -0.25) is 0 Å². The summed E-state index contributed by atoms with van der Waals surface area (Å²) in [4.78, 5) is 2.20. The second-order valence-corrected chi connectivity index (χ2v) is 3.48. The molecule has 0 atom stereocenters. The second kappa shape index (κ2) is 7.95. The number of nitrogens with zero attached hydrogens (tertiary/aromatic N) is 1. The lowest BCUT2D eigenvalue weighted by Crippen LogP contribution is -2.17. The molecular formula is C5H12BrMgN. The molecule has 0 heterocycles. The van der Waals surface area contributed by atoms with Crippen LogP contribution in [0.5, 0.6) is 0 Å².